The topological polar surface area (TPSA) is 88.3 Å². The molecule has 7 heteroatoms. The van der Waals surface area contributed by atoms with Crippen LogP contribution in [0.25, 0.3) is 10.2 Å². The normalized spacial score (nSPS) is 24.4. The summed E-state index contributed by atoms with van der Waals surface area (Å²) in [5.41, 5.74) is 7.11. The number of nitrogens with two attached hydrogens (primary N) is 1. The number of carbonyl (C=O) groups is 2. The third kappa shape index (κ3) is 1.88. The van der Waals surface area contributed by atoms with Gasteiger partial charge in [-0.15, -0.1) is 0 Å². The van der Waals surface area contributed by atoms with Crippen molar-refractivity contribution in [3.63, 3.8) is 0 Å². The lowest BCUT2D eigenvalue weighted by molar-refractivity contribution is -0.122. The number of hydrogen-bond donors (Lipinski definition) is 2. The van der Waals surface area contributed by atoms with Gasteiger partial charge in [-0.3, -0.25) is 9.59 Å². The Bertz CT molecular complexity index is 757. The monoisotopic (exact) mass is 302 g/mol. The number of anilines is 1. The zero-order valence-electron chi connectivity index (χ0n) is 11.2. The first kappa shape index (κ1) is 12.6. The van der Waals surface area contributed by atoms with Crippen molar-refractivity contribution in [3.05, 3.63) is 23.8 Å². The molecule has 0 aliphatic carbocycles. The Hall–Kier alpha value is -2.15. The molecule has 3 heterocycles. The van der Waals surface area contributed by atoms with Crippen molar-refractivity contribution in [1.82, 2.24) is 15.2 Å². The highest BCUT2D eigenvalue weighted by Crippen LogP contribution is 2.32. The van der Waals surface area contributed by atoms with E-state index in [1.807, 2.05) is 12.1 Å². The van der Waals surface area contributed by atoms with Crippen LogP contribution in [-0.4, -0.2) is 41.3 Å². The SMILES string of the molecule is Nc1nc2cccc(C(=O)N3C[C@@H]4CNC(=O)[C@@H]4C3)c2s1. The van der Waals surface area contributed by atoms with Gasteiger partial charge in [-0.2, -0.15) is 0 Å². The first-order chi connectivity index (χ1) is 10.1. The van der Waals surface area contributed by atoms with E-state index in [-0.39, 0.29) is 23.7 Å². The number of aromatic nitrogens is 1. The summed E-state index contributed by atoms with van der Waals surface area (Å²) in [6, 6.07) is 5.47. The van der Waals surface area contributed by atoms with Crippen LogP contribution < -0.4 is 11.1 Å². The van der Waals surface area contributed by atoms with E-state index >= 15 is 0 Å². The number of nitrogens with zero attached hydrogens (tertiary/aromatic N) is 2. The van der Waals surface area contributed by atoms with Crippen LogP contribution in [0.15, 0.2) is 18.2 Å². The molecule has 108 valence electrons. The summed E-state index contributed by atoms with van der Waals surface area (Å²) >= 11 is 1.33. The molecule has 2 aliphatic heterocycles. The van der Waals surface area contributed by atoms with Gasteiger partial charge in [0.1, 0.15) is 0 Å². The molecule has 0 spiro atoms. The van der Waals surface area contributed by atoms with E-state index in [2.05, 4.69) is 10.3 Å². The minimum absolute atomic E-state index is 0.0357. The molecule has 2 aromatic rings. The summed E-state index contributed by atoms with van der Waals surface area (Å²) in [6.45, 7) is 1.80. The molecular formula is C14H14N4O2S. The van der Waals surface area contributed by atoms with Gasteiger partial charge in [-0.1, -0.05) is 17.4 Å². The number of amides is 2. The maximum atomic E-state index is 12.7. The number of carbonyl (C=O) groups excluding carboxylic acids is 2. The summed E-state index contributed by atoms with van der Waals surface area (Å²) in [5.74, 6) is 0.217. The van der Waals surface area contributed by atoms with Crippen molar-refractivity contribution in [2.45, 2.75) is 0 Å². The Balaban J connectivity index is 1.67. The van der Waals surface area contributed by atoms with Gasteiger partial charge in [0.05, 0.1) is 21.7 Å². The minimum Gasteiger partial charge on any atom is -0.375 e. The van der Waals surface area contributed by atoms with Gasteiger partial charge in [0.15, 0.2) is 5.13 Å². The van der Waals surface area contributed by atoms with Crippen molar-refractivity contribution in [2.24, 2.45) is 11.8 Å². The van der Waals surface area contributed by atoms with E-state index in [0.29, 0.717) is 30.3 Å². The lowest BCUT2D eigenvalue weighted by atomic mass is 10.0. The van der Waals surface area contributed by atoms with Crippen LogP contribution in [0.3, 0.4) is 0 Å². The predicted molar refractivity (Wildman–Crippen MR) is 79.9 cm³/mol. The van der Waals surface area contributed by atoms with Gasteiger partial charge in [0.25, 0.3) is 5.91 Å². The third-order valence-corrected chi connectivity index (χ3v) is 5.20. The number of rotatable bonds is 1. The molecule has 1 aromatic carbocycles. The molecule has 4 rings (SSSR count). The number of benzene rings is 1. The summed E-state index contributed by atoms with van der Waals surface area (Å²) in [4.78, 5) is 30.4. The number of likely N-dealkylation sites (tertiary alicyclic amines) is 1. The van der Waals surface area contributed by atoms with E-state index in [1.54, 1.807) is 11.0 Å². The van der Waals surface area contributed by atoms with Crippen molar-refractivity contribution >= 4 is 38.5 Å². The van der Waals surface area contributed by atoms with Gasteiger partial charge in [0, 0.05) is 25.6 Å². The van der Waals surface area contributed by atoms with Gasteiger partial charge in [-0.05, 0) is 12.1 Å². The number of fused-ring (bicyclic) bond motifs is 2. The molecule has 0 unspecified atom stereocenters. The zero-order valence-corrected chi connectivity index (χ0v) is 12.0. The fraction of sp³-hybridized carbons (Fsp3) is 0.357. The number of nitrogen functional groups attached to an aromatic ring is 1. The van der Waals surface area contributed by atoms with Gasteiger partial charge < -0.3 is 16.0 Å². The Kier molecular flexibility index (Phi) is 2.65. The highest BCUT2D eigenvalue weighted by atomic mass is 32.1. The molecule has 0 saturated carbocycles. The minimum atomic E-state index is -0.0558. The third-order valence-electron chi connectivity index (χ3n) is 4.27. The van der Waals surface area contributed by atoms with Gasteiger partial charge in [-0.25, -0.2) is 4.98 Å². The van der Waals surface area contributed by atoms with Crippen LogP contribution in [-0.2, 0) is 4.79 Å². The summed E-state index contributed by atoms with van der Waals surface area (Å²) < 4.78 is 0.821. The number of nitrogens with one attached hydrogen (secondary N) is 1. The maximum Gasteiger partial charge on any atom is 0.255 e. The fourth-order valence-electron chi connectivity index (χ4n) is 3.21. The maximum absolute atomic E-state index is 12.7. The highest BCUT2D eigenvalue weighted by molar-refractivity contribution is 7.22. The molecule has 3 N–H and O–H groups in total. The lowest BCUT2D eigenvalue weighted by Gasteiger charge is -2.17. The van der Waals surface area contributed by atoms with Gasteiger partial charge in [0.2, 0.25) is 5.91 Å². The van der Waals surface area contributed by atoms with E-state index in [4.69, 9.17) is 5.73 Å². The van der Waals surface area contributed by atoms with Gasteiger partial charge >= 0.3 is 0 Å². The van der Waals surface area contributed by atoms with E-state index < -0.39 is 0 Å². The van der Waals surface area contributed by atoms with E-state index in [9.17, 15) is 9.59 Å². The van der Waals surface area contributed by atoms with E-state index in [0.717, 1.165) is 10.2 Å². The summed E-state index contributed by atoms with van der Waals surface area (Å²) in [7, 11) is 0. The highest BCUT2D eigenvalue weighted by Gasteiger charge is 2.43. The summed E-state index contributed by atoms with van der Waals surface area (Å²) in [5, 5.41) is 3.31. The number of hydrogen-bond acceptors (Lipinski definition) is 5. The molecule has 0 radical (unpaired) electrons. The Morgan fingerprint density at radius 3 is 3.10 bits per heavy atom. The molecule has 2 atom stereocenters. The lowest BCUT2D eigenvalue weighted by Crippen LogP contribution is -2.33. The molecule has 2 aliphatic rings. The van der Waals surface area contributed by atoms with Crippen molar-refractivity contribution in [3.8, 4) is 0 Å². The molecule has 0 bridgehead atoms. The second-order valence-electron chi connectivity index (χ2n) is 5.53. The van der Waals surface area contributed by atoms with Crippen LogP contribution in [0.5, 0.6) is 0 Å². The molecule has 2 amide bonds. The van der Waals surface area contributed by atoms with Crippen LogP contribution in [0, 0.1) is 11.8 Å². The van der Waals surface area contributed by atoms with E-state index in [1.165, 1.54) is 11.3 Å². The second-order valence-corrected chi connectivity index (χ2v) is 6.56. The van der Waals surface area contributed by atoms with Crippen LogP contribution in [0.1, 0.15) is 10.4 Å². The van der Waals surface area contributed by atoms with Crippen molar-refractivity contribution in [2.75, 3.05) is 25.4 Å². The fourth-order valence-corrected chi connectivity index (χ4v) is 4.05. The molecule has 2 fully saturated rings. The standard InChI is InChI=1S/C14H14N4O2S/c15-14-17-10-3-1-2-8(11(10)21-14)13(20)18-5-7-4-16-12(19)9(7)6-18/h1-3,7,9H,4-6H2,(H2,15,17)(H,16,19)/t7-,9+/m0/s1. The zero-order chi connectivity index (χ0) is 14.6. The quantitative estimate of drug-likeness (QED) is 0.811. The predicted octanol–water partition coefficient (Wildman–Crippen LogP) is 0.697. The van der Waals surface area contributed by atoms with Crippen molar-refractivity contribution in [1.29, 1.82) is 0 Å². The average molecular weight is 302 g/mol. The van der Waals surface area contributed by atoms with Crippen LogP contribution in [0.2, 0.25) is 0 Å². The molecule has 1 aromatic heterocycles. The number of thiazole rings is 1. The average Bonchev–Trinajstić information content (AvgIpc) is 3.12. The first-order valence-electron chi connectivity index (χ1n) is 6.85. The molecule has 21 heavy (non-hydrogen) atoms. The largest absolute Gasteiger partial charge is 0.375 e. The summed E-state index contributed by atoms with van der Waals surface area (Å²) in [6.07, 6.45) is 0. The Labute approximate surface area is 124 Å². The smallest absolute Gasteiger partial charge is 0.255 e. The Morgan fingerprint density at radius 1 is 1.43 bits per heavy atom. The van der Waals surface area contributed by atoms with Crippen LogP contribution >= 0.6 is 11.3 Å². The van der Waals surface area contributed by atoms with Crippen LogP contribution in [0.4, 0.5) is 5.13 Å². The molecular weight excluding hydrogens is 288 g/mol. The molecule has 2 saturated heterocycles. The van der Waals surface area contributed by atoms with Crippen molar-refractivity contribution < 1.29 is 9.59 Å². The molecule has 6 nitrogen and oxygen atoms in total. The Morgan fingerprint density at radius 2 is 2.29 bits per heavy atom. The second kappa shape index (κ2) is 4.42. The first-order valence-corrected chi connectivity index (χ1v) is 7.67.